The number of morpholine rings is 1. The minimum Gasteiger partial charge on any atom is -0.378 e. The molecule has 2 N–H and O–H groups in total. The highest BCUT2D eigenvalue weighted by Gasteiger charge is 2.10. The van der Waals surface area contributed by atoms with E-state index in [4.69, 9.17) is 17.0 Å². The first-order valence-electron chi connectivity index (χ1n) is 7.79. The third kappa shape index (κ3) is 5.61. The van der Waals surface area contributed by atoms with E-state index in [1.54, 1.807) is 6.21 Å². The maximum absolute atomic E-state index is 5.37. The molecule has 1 aliphatic rings. The van der Waals surface area contributed by atoms with Crippen molar-refractivity contribution in [1.82, 2.24) is 10.7 Å². The van der Waals surface area contributed by atoms with Gasteiger partial charge in [-0.2, -0.15) is 5.10 Å². The van der Waals surface area contributed by atoms with E-state index in [2.05, 4.69) is 51.9 Å². The van der Waals surface area contributed by atoms with Crippen LogP contribution in [0.25, 0.3) is 0 Å². The molecule has 0 atom stereocenters. The van der Waals surface area contributed by atoms with Gasteiger partial charge < -0.3 is 15.0 Å². The van der Waals surface area contributed by atoms with E-state index in [1.165, 1.54) is 5.69 Å². The molecular weight excluding hydrogens is 296 g/mol. The third-order valence-electron chi connectivity index (χ3n) is 3.46. The van der Waals surface area contributed by atoms with E-state index in [0.29, 0.717) is 5.11 Å². The molecule has 0 amide bonds. The fourth-order valence-corrected chi connectivity index (χ4v) is 2.33. The van der Waals surface area contributed by atoms with Crippen LogP contribution in [0.15, 0.2) is 29.4 Å². The fraction of sp³-hybridized carbons (Fsp3) is 0.500. The van der Waals surface area contributed by atoms with Crippen molar-refractivity contribution in [1.29, 1.82) is 0 Å². The van der Waals surface area contributed by atoms with Crippen LogP contribution in [0, 0.1) is 0 Å². The zero-order chi connectivity index (χ0) is 15.6. The first kappa shape index (κ1) is 16.7. The number of hydrogen-bond donors (Lipinski definition) is 2. The Balaban J connectivity index is 1.78. The Labute approximate surface area is 137 Å². The summed E-state index contributed by atoms with van der Waals surface area (Å²) in [4.78, 5) is 2.33. The van der Waals surface area contributed by atoms with Gasteiger partial charge in [0.25, 0.3) is 0 Å². The molecule has 1 aromatic carbocycles. The molecule has 1 fully saturated rings. The minimum absolute atomic E-state index is 0.564. The van der Waals surface area contributed by atoms with Crippen molar-refractivity contribution in [3.8, 4) is 0 Å². The molecule has 0 spiro atoms. The lowest BCUT2D eigenvalue weighted by molar-refractivity contribution is 0.122. The summed E-state index contributed by atoms with van der Waals surface area (Å²) < 4.78 is 5.37. The first-order valence-corrected chi connectivity index (χ1v) is 8.20. The number of rotatable bonds is 6. The zero-order valence-corrected chi connectivity index (χ0v) is 13.9. The van der Waals surface area contributed by atoms with Crippen LogP contribution >= 0.6 is 12.2 Å². The van der Waals surface area contributed by atoms with Gasteiger partial charge in [0.15, 0.2) is 5.11 Å². The Hall–Kier alpha value is -1.66. The Morgan fingerprint density at radius 1 is 1.32 bits per heavy atom. The van der Waals surface area contributed by atoms with Crippen molar-refractivity contribution in [2.45, 2.75) is 19.8 Å². The van der Waals surface area contributed by atoms with Gasteiger partial charge in [0.2, 0.25) is 0 Å². The van der Waals surface area contributed by atoms with E-state index >= 15 is 0 Å². The number of ether oxygens (including phenoxy) is 1. The first-order chi connectivity index (χ1) is 10.8. The zero-order valence-electron chi connectivity index (χ0n) is 13.0. The van der Waals surface area contributed by atoms with Crippen molar-refractivity contribution < 1.29 is 4.74 Å². The van der Waals surface area contributed by atoms with E-state index in [0.717, 1.165) is 51.3 Å². The van der Waals surface area contributed by atoms with Gasteiger partial charge in [0.05, 0.1) is 19.4 Å². The van der Waals surface area contributed by atoms with Gasteiger partial charge in [-0.1, -0.05) is 25.5 Å². The maximum atomic E-state index is 5.37. The molecular formula is C16H24N4OS. The van der Waals surface area contributed by atoms with Gasteiger partial charge in [-0.15, -0.1) is 0 Å². The molecule has 5 nitrogen and oxygen atoms in total. The molecule has 0 bridgehead atoms. The number of nitrogens with one attached hydrogen (secondary N) is 2. The highest BCUT2D eigenvalue weighted by Crippen LogP contribution is 2.15. The average Bonchev–Trinajstić information content (AvgIpc) is 2.57. The minimum atomic E-state index is 0.564. The lowest BCUT2D eigenvalue weighted by Crippen LogP contribution is -2.36. The van der Waals surface area contributed by atoms with Gasteiger partial charge in [-0.25, -0.2) is 0 Å². The number of anilines is 1. The number of thiocarbonyl (C=S) groups is 1. The highest BCUT2D eigenvalue weighted by molar-refractivity contribution is 7.80. The second-order valence-corrected chi connectivity index (χ2v) is 5.58. The molecule has 0 radical (unpaired) electrons. The molecule has 120 valence electrons. The summed E-state index contributed by atoms with van der Waals surface area (Å²) in [6.45, 7) is 6.54. The molecule has 1 heterocycles. The molecule has 6 heteroatoms. The summed E-state index contributed by atoms with van der Waals surface area (Å²) in [6, 6.07) is 8.35. The number of benzene rings is 1. The number of nitrogens with zero attached hydrogens (tertiary/aromatic N) is 2. The fourth-order valence-electron chi connectivity index (χ4n) is 2.18. The van der Waals surface area contributed by atoms with Crippen LogP contribution in [0.5, 0.6) is 0 Å². The predicted molar refractivity (Wildman–Crippen MR) is 95.7 cm³/mol. The van der Waals surface area contributed by atoms with Crippen LogP contribution in [0.1, 0.15) is 25.3 Å². The largest absolute Gasteiger partial charge is 0.378 e. The number of hydrogen-bond acceptors (Lipinski definition) is 4. The Kier molecular flexibility index (Phi) is 7.12. The smallest absolute Gasteiger partial charge is 0.186 e. The summed E-state index contributed by atoms with van der Waals surface area (Å²) in [5.41, 5.74) is 5.10. The monoisotopic (exact) mass is 320 g/mol. The van der Waals surface area contributed by atoms with Crippen LogP contribution < -0.4 is 15.6 Å². The lowest BCUT2D eigenvalue weighted by Gasteiger charge is -2.28. The Morgan fingerprint density at radius 2 is 2.05 bits per heavy atom. The standard InChI is InChI=1S/C16H24N4OS/c1-2-3-8-17-16(22)19-18-13-14-4-6-15(7-5-14)20-9-11-21-12-10-20/h4-7,13H,2-3,8-12H2,1H3,(H2,17,19,22). The van der Waals surface area contributed by atoms with Crippen molar-refractivity contribution in [3.63, 3.8) is 0 Å². The summed E-state index contributed by atoms with van der Waals surface area (Å²) in [5.74, 6) is 0. The van der Waals surface area contributed by atoms with Gasteiger partial charge in [-0.3, -0.25) is 5.43 Å². The van der Waals surface area contributed by atoms with Crippen LogP contribution in [0.4, 0.5) is 5.69 Å². The van der Waals surface area contributed by atoms with Crippen LogP contribution in [0.2, 0.25) is 0 Å². The molecule has 0 aliphatic carbocycles. The lowest BCUT2D eigenvalue weighted by atomic mass is 10.2. The highest BCUT2D eigenvalue weighted by atomic mass is 32.1. The molecule has 2 rings (SSSR count). The van der Waals surface area contributed by atoms with Crippen LogP contribution in [0.3, 0.4) is 0 Å². The molecule has 0 unspecified atom stereocenters. The summed E-state index contributed by atoms with van der Waals surface area (Å²) in [6.07, 6.45) is 4.03. The van der Waals surface area contributed by atoms with Gasteiger partial charge in [0.1, 0.15) is 0 Å². The van der Waals surface area contributed by atoms with Crippen molar-refractivity contribution in [2.75, 3.05) is 37.7 Å². The second-order valence-electron chi connectivity index (χ2n) is 5.17. The quantitative estimate of drug-likeness (QED) is 0.364. The normalized spacial score (nSPS) is 15.0. The molecule has 0 saturated carbocycles. The topological polar surface area (TPSA) is 48.9 Å². The predicted octanol–water partition coefficient (Wildman–Crippen LogP) is 2.12. The SMILES string of the molecule is CCCCNC(=S)NN=Cc1ccc(N2CCOCC2)cc1. The van der Waals surface area contributed by atoms with Crippen molar-refractivity contribution in [2.24, 2.45) is 5.10 Å². The van der Waals surface area contributed by atoms with Gasteiger partial charge >= 0.3 is 0 Å². The van der Waals surface area contributed by atoms with Gasteiger partial charge in [-0.05, 0) is 36.3 Å². The van der Waals surface area contributed by atoms with Crippen LogP contribution in [-0.4, -0.2) is 44.2 Å². The van der Waals surface area contributed by atoms with E-state index in [1.807, 2.05) is 0 Å². The van der Waals surface area contributed by atoms with E-state index in [9.17, 15) is 0 Å². The van der Waals surface area contributed by atoms with Crippen LogP contribution in [-0.2, 0) is 4.74 Å². The summed E-state index contributed by atoms with van der Waals surface area (Å²) >= 11 is 5.13. The van der Waals surface area contributed by atoms with Crippen molar-refractivity contribution in [3.05, 3.63) is 29.8 Å². The van der Waals surface area contributed by atoms with E-state index in [-0.39, 0.29) is 0 Å². The molecule has 22 heavy (non-hydrogen) atoms. The van der Waals surface area contributed by atoms with Gasteiger partial charge in [0, 0.05) is 25.3 Å². The Morgan fingerprint density at radius 3 is 2.73 bits per heavy atom. The summed E-state index contributed by atoms with van der Waals surface area (Å²) in [5, 5.41) is 7.82. The number of hydrazone groups is 1. The number of unbranched alkanes of at least 4 members (excludes halogenated alkanes) is 1. The summed E-state index contributed by atoms with van der Waals surface area (Å²) in [7, 11) is 0. The molecule has 0 aromatic heterocycles. The molecule has 1 saturated heterocycles. The second kappa shape index (κ2) is 9.38. The average molecular weight is 320 g/mol. The molecule has 1 aromatic rings. The van der Waals surface area contributed by atoms with E-state index < -0.39 is 0 Å². The van der Waals surface area contributed by atoms with Crippen molar-refractivity contribution >= 4 is 29.2 Å². The maximum Gasteiger partial charge on any atom is 0.186 e. The third-order valence-corrected chi connectivity index (χ3v) is 3.70. The molecule has 1 aliphatic heterocycles. The Bertz CT molecular complexity index is 483.